The lowest BCUT2D eigenvalue weighted by Gasteiger charge is -2.17. The molecule has 0 aliphatic heterocycles. The Hall–Kier alpha value is -1.50. The van der Waals surface area contributed by atoms with Gasteiger partial charge in [0.1, 0.15) is 6.61 Å². The summed E-state index contributed by atoms with van der Waals surface area (Å²) >= 11 is 0. The van der Waals surface area contributed by atoms with Gasteiger partial charge in [-0.05, 0) is 25.8 Å². The van der Waals surface area contributed by atoms with E-state index in [0.29, 0.717) is 25.9 Å². The number of carbonyl (C=O) groups excluding carboxylic acids is 2. The molecule has 0 spiro atoms. The van der Waals surface area contributed by atoms with E-state index in [1.165, 1.54) is 25.7 Å². The Labute approximate surface area is 205 Å². The number of unbranched alkanes of at least 4 members (excludes halogenated alkanes) is 7. The van der Waals surface area contributed by atoms with Crippen LogP contribution in [0.25, 0.3) is 4.85 Å². The van der Waals surface area contributed by atoms with E-state index >= 15 is 0 Å². The third-order valence-corrected chi connectivity index (χ3v) is 6.22. The zero-order valence-corrected chi connectivity index (χ0v) is 21.9. The molecule has 0 radical (unpaired) electrons. The smallest absolute Gasteiger partial charge is 0.438 e. The van der Waals surface area contributed by atoms with E-state index in [1.807, 2.05) is 0 Å². The van der Waals surface area contributed by atoms with Crippen molar-refractivity contribution in [3.63, 3.8) is 0 Å². The van der Waals surface area contributed by atoms with Crippen LogP contribution in [-0.2, 0) is 32.5 Å². The van der Waals surface area contributed by atoms with Crippen molar-refractivity contribution in [3.8, 4) is 0 Å². The summed E-state index contributed by atoms with van der Waals surface area (Å²) in [6.07, 6.45) is 10.1. The fourth-order valence-electron chi connectivity index (χ4n) is 2.82. The molecule has 0 saturated carbocycles. The van der Waals surface area contributed by atoms with Crippen LogP contribution >= 0.6 is 7.82 Å². The molecule has 34 heavy (non-hydrogen) atoms. The topological polar surface area (TPSA) is 117 Å². The molecule has 0 aromatic heterocycles. The molecule has 1 amide bonds. The third kappa shape index (κ3) is 21.1. The van der Waals surface area contributed by atoms with Crippen LogP contribution in [0.4, 0.5) is 0 Å². The Kier molecular flexibility index (Phi) is 22.2. The van der Waals surface area contributed by atoms with Gasteiger partial charge in [0.25, 0.3) is 0 Å². The molecule has 10 nitrogen and oxygen atoms in total. The summed E-state index contributed by atoms with van der Waals surface area (Å²) < 4.78 is 32.6. The predicted octanol–water partition coefficient (Wildman–Crippen LogP) is 4.60. The molecule has 0 saturated heterocycles. The minimum atomic E-state index is -3.90. The minimum absolute atomic E-state index is 0.0201. The number of phosphoric ester groups is 1. The standard InChI is InChI=1S/C23H44N3O7P/c1-4-6-7-8-11-15-25-17-14-22(27)26-16-12-9-10-13-19-31-34(29,32-20-18-24-3)33-21-30-23(28)5-2/h25H,4-21H2,1-2H3,(H,26,27). The normalized spacial score (nSPS) is 12.6. The van der Waals surface area contributed by atoms with Gasteiger partial charge < -0.3 is 20.2 Å². The van der Waals surface area contributed by atoms with Crippen molar-refractivity contribution in [3.05, 3.63) is 11.4 Å². The SMILES string of the molecule is [C-]#[N+]CCOP(=O)(OCCCCCCNC(=O)CCNCCCCCCC)OCOC(=O)CC. The molecule has 0 aromatic rings. The van der Waals surface area contributed by atoms with Crippen molar-refractivity contribution in [2.75, 3.05) is 46.2 Å². The summed E-state index contributed by atoms with van der Waals surface area (Å²) in [4.78, 5) is 26.1. The molecule has 1 unspecified atom stereocenters. The number of hydrogen-bond acceptors (Lipinski definition) is 8. The first kappa shape index (κ1) is 32.5. The van der Waals surface area contributed by atoms with Gasteiger partial charge in [0.05, 0.1) is 6.61 Å². The van der Waals surface area contributed by atoms with Gasteiger partial charge in [-0.3, -0.25) is 18.6 Å². The summed E-state index contributed by atoms with van der Waals surface area (Å²) in [5.74, 6) is -0.436. The molecule has 198 valence electrons. The van der Waals surface area contributed by atoms with Crippen LogP contribution in [0.1, 0.15) is 84.5 Å². The molecule has 0 rings (SSSR count). The first-order chi connectivity index (χ1) is 16.5. The van der Waals surface area contributed by atoms with Crippen LogP contribution in [-0.4, -0.2) is 58.1 Å². The van der Waals surface area contributed by atoms with Crippen molar-refractivity contribution in [1.82, 2.24) is 10.6 Å². The van der Waals surface area contributed by atoms with Crippen molar-refractivity contribution in [2.45, 2.75) is 84.5 Å². The Morgan fingerprint density at radius 1 is 0.853 bits per heavy atom. The van der Waals surface area contributed by atoms with E-state index in [0.717, 1.165) is 32.2 Å². The van der Waals surface area contributed by atoms with Crippen molar-refractivity contribution >= 4 is 19.7 Å². The Morgan fingerprint density at radius 3 is 2.24 bits per heavy atom. The molecular formula is C23H44N3O7P. The predicted molar refractivity (Wildman–Crippen MR) is 131 cm³/mol. The monoisotopic (exact) mass is 505 g/mol. The lowest BCUT2D eigenvalue weighted by molar-refractivity contribution is -0.150. The number of hydrogen-bond donors (Lipinski definition) is 2. The maximum absolute atomic E-state index is 12.5. The highest BCUT2D eigenvalue weighted by Crippen LogP contribution is 2.49. The van der Waals surface area contributed by atoms with Crippen LogP contribution in [0.2, 0.25) is 0 Å². The largest absolute Gasteiger partial charge is 0.477 e. The van der Waals surface area contributed by atoms with Crippen LogP contribution in [0, 0.1) is 6.57 Å². The van der Waals surface area contributed by atoms with Gasteiger partial charge in [0.15, 0.2) is 0 Å². The summed E-state index contributed by atoms with van der Waals surface area (Å²) in [6.45, 7) is 12.4. The lowest BCUT2D eigenvalue weighted by Crippen LogP contribution is -2.28. The quantitative estimate of drug-likeness (QED) is 0.0643. The fraction of sp³-hybridized carbons (Fsp3) is 0.870. The van der Waals surface area contributed by atoms with Gasteiger partial charge in [-0.15, -0.1) is 0 Å². The van der Waals surface area contributed by atoms with Gasteiger partial charge in [0.2, 0.25) is 19.2 Å². The average Bonchev–Trinajstić information content (AvgIpc) is 2.82. The van der Waals surface area contributed by atoms with E-state index in [1.54, 1.807) is 6.92 Å². The van der Waals surface area contributed by atoms with Gasteiger partial charge >= 0.3 is 13.8 Å². The van der Waals surface area contributed by atoms with Crippen LogP contribution in [0.3, 0.4) is 0 Å². The number of carbonyl (C=O) groups is 2. The number of phosphoric acid groups is 1. The van der Waals surface area contributed by atoms with E-state index in [-0.39, 0.29) is 32.1 Å². The second-order valence-electron chi connectivity index (χ2n) is 7.79. The van der Waals surface area contributed by atoms with Crippen molar-refractivity contribution < 1.29 is 32.5 Å². The van der Waals surface area contributed by atoms with Gasteiger partial charge in [-0.25, -0.2) is 15.7 Å². The van der Waals surface area contributed by atoms with Crippen LogP contribution < -0.4 is 10.6 Å². The first-order valence-electron chi connectivity index (χ1n) is 12.5. The van der Waals surface area contributed by atoms with E-state index in [4.69, 9.17) is 24.9 Å². The number of amides is 1. The number of rotatable bonds is 24. The Balaban J connectivity index is 3.78. The summed E-state index contributed by atoms with van der Waals surface area (Å²) in [5, 5.41) is 6.23. The van der Waals surface area contributed by atoms with Gasteiger partial charge in [-0.2, -0.15) is 0 Å². The van der Waals surface area contributed by atoms with Gasteiger partial charge in [0, 0.05) is 25.9 Å². The molecule has 1 atom stereocenters. The highest BCUT2D eigenvalue weighted by Gasteiger charge is 2.27. The first-order valence-corrected chi connectivity index (χ1v) is 13.9. The van der Waals surface area contributed by atoms with Crippen LogP contribution in [0.5, 0.6) is 0 Å². The van der Waals surface area contributed by atoms with Crippen molar-refractivity contribution in [2.24, 2.45) is 0 Å². The second-order valence-corrected chi connectivity index (χ2v) is 9.46. The van der Waals surface area contributed by atoms with E-state index in [9.17, 15) is 14.2 Å². The molecule has 0 heterocycles. The average molecular weight is 506 g/mol. The number of nitrogens with zero attached hydrogens (tertiary/aromatic N) is 1. The molecule has 0 aliphatic carbocycles. The maximum Gasteiger partial charge on any atom is 0.477 e. The molecule has 11 heteroatoms. The number of ether oxygens (including phenoxy) is 1. The highest BCUT2D eigenvalue weighted by atomic mass is 31.2. The minimum Gasteiger partial charge on any atom is -0.438 e. The Morgan fingerprint density at radius 2 is 1.53 bits per heavy atom. The summed E-state index contributed by atoms with van der Waals surface area (Å²) in [6, 6.07) is 0. The van der Waals surface area contributed by atoms with Crippen LogP contribution in [0.15, 0.2) is 0 Å². The molecule has 0 aliphatic rings. The van der Waals surface area contributed by atoms with Gasteiger partial charge in [-0.1, -0.05) is 52.4 Å². The zero-order valence-electron chi connectivity index (χ0n) is 21.0. The van der Waals surface area contributed by atoms with E-state index < -0.39 is 20.6 Å². The summed E-state index contributed by atoms with van der Waals surface area (Å²) in [7, 11) is -3.90. The lowest BCUT2D eigenvalue weighted by atomic mass is 10.1. The molecule has 2 N–H and O–H groups in total. The molecule has 0 aromatic carbocycles. The summed E-state index contributed by atoms with van der Waals surface area (Å²) in [5.41, 5.74) is 0. The molecule has 0 bridgehead atoms. The zero-order chi connectivity index (χ0) is 25.3. The molecular weight excluding hydrogens is 461 g/mol. The highest BCUT2D eigenvalue weighted by molar-refractivity contribution is 7.48. The number of esters is 1. The third-order valence-electron chi connectivity index (χ3n) is 4.80. The maximum atomic E-state index is 12.5. The Bertz CT molecular complexity index is 614. The van der Waals surface area contributed by atoms with E-state index in [2.05, 4.69) is 22.4 Å². The van der Waals surface area contributed by atoms with Crippen molar-refractivity contribution in [1.29, 1.82) is 0 Å². The number of nitrogens with one attached hydrogen (secondary N) is 2. The second kappa shape index (κ2) is 23.3. The fourth-order valence-corrected chi connectivity index (χ4v) is 3.89. The molecule has 0 fully saturated rings.